The van der Waals surface area contributed by atoms with Crippen molar-refractivity contribution in [1.29, 1.82) is 0 Å². The molecule has 146 valence electrons. The van der Waals surface area contributed by atoms with E-state index >= 15 is 0 Å². The standard InChI is InChI=1S/C20H20N2O4S2/c1-21-13-15-11-19(16-5-3-2-4-6-16)22(14-15)28(25,26)18-8-7-17-9-10-27(23,24)20(17)12-18/h2-8,11-12,14,21H,9-10,13H2,1H3. The fourth-order valence-electron chi connectivity index (χ4n) is 3.48. The number of rotatable bonds is 5. The third-order valence-corrected chi connectivity index (χ3v) is 8.33. The van der Waals surface area contributed by atoms with E-state index in [9.17, 15) is 16.8 Å². The summed E-state index contributed by atoms with van der Waals surface area (Å²) in [5.74, 6) is 0.0247. The largest absolute Gasteiger partial charge is 0.316 e. The third kappa shape index (κ3) is 3.17. The van der Waals surface area contributed by atoms with E-state index in [0.29, 0.717) is 24.2 Å². The zero-order valence-electron chi connectivity index (χ0n) is 15.3. The number of fused-ring (bicyclic) bond motifs is 1. The molecule has 3 aromatic rings. The van der Waals surface area contributed by atoms with Crippen molar-refractivity contribution in [2.75, 3.05) is 12.8 Å². The predicted octanol–water partition coefficient (Wildman–Crippen LogP) is 2.44. The molecule has 0 saturated carbocycles. The molecule has 0 radical (unpaired) electrons. The molecule has 0 bridgehead atoms. The van der Waals surface area contributed by atoms with Crippen LogP contribution in [-0.4, -0.2) is 33.6 Å². The van der Waals surface area contributed by atoms with Crippen LogP contribution >= 0.6 is 0 Å². The Hall–Kier alpha value is -2.42. The summed E-state index contributed by atoms with van der Waals surface area (Å²) >= 11 is 0. The molecule has 8 heteroatoms. The van der Waals surface area contributed by atoms with E-state index in [1.165, 1.54) is 16.1 Å². The van der Waals surface area contributed by atoms with Gasteiger partial charge in [0.15, 0.2) is 9.84 Å². The van der Waals surface area contributed by atoms with Gasteiger partial charge in [-0.25, -0.2) is 20.8 Å². The fraction of sp³-hybridized carbons (Fsp3) is 0.200. The highest BCUT2D eigenvalue weighted by atomic mass is 32.2. The van der Waals surface area contributed by atoms with Crippen LogP contribution in [0.25, 0.3) is 11.3 Å². The van der Waals surface area contributed by atoms with Crippen LogP contribution in [0.15, 0.2) is 70.6 Å². The predicted molar refractivity (Wildman–Crippen MR) is 107 cm³/mol. The number of aryl methyl sites for hydroxylation is 1. The van der Waals surface area contributed by atoms with E-state index in [4.69, 9.17) is 0 Å². The molecule has 0 fully saturated rings. The second-order valence-corrected chi connectivity index (χ2v) is 10.7. The van der Waals surface area contributed by atoms with Crippen molar-refractivity contribution in [3.8, 4) is 11.3 Å². The first-order valence-corrected chi connectivity index (χ1v) is 11.9. The topological polar surface area (TPSA) is 85.2 Å². The van der Waals surface area contributed by atoms with Crippen molar-refractivity contribution in [1.82, 2.24) is 9.29 Å². The lowest BCUT2D eigenvalue weighted by Gasteiger charge is -2.12. The molecule has 4 rings (SSSR count). The first kappa shape index (κ1) is 18.9. The maximum atomic E-state index is 13.4. The number of hydrogen-bond acceptors (Lipinski definition) is 5. The van der Waals surface area contributed by atoms with Crippen LogP contribution in [0.1, 0.15) is 11.1 Å². The second kappa shape index (κ2) is 6.88. The van der Waals surface area contributed by atoms with Gasteiger partial charge in [0.05, 0.1) is 21.2 Å². The van der Waals surface area contributed by atoms with Crippen LogP contribution in [0.2, 0.25) is 0 Å². The maximum absolute atomic E-state index is 13.4. The Kier molecular flexibility index (Phi) is 4.65. The average molecular weight is 417 g/mol. The summed E-state index contributed by atoms with van der Waals surface area (Å²) in [4.78, 5) is 0.0953. The van der Waals surface area contributed by atoms with Crippen LogP contribution in [0.5, 0.6) is 0 Å². The molecule has 1 aromatic heterocycles. The van der Waals surface area contributed by atoms with Gasteiger partial charge in [0.2, 0.25) is 0 Å². The molecule has 0 unspecified atom stereocenters. The average Bonchev–Trinajstić information content (AvgIpc) is 3.24. The Morgan fingerprint density at radius 3 is 2.54 bits per heavy atom. The van der Waals surface area contributed by atoms with Crippen LogP contribution < -0.4 is 5.32 Å². The molecule has 2 aromatic carbocycles. The van der Waals surface area contributed by atoms with Crippen molar-refractivity contribution in [2.45, 2.75) is 22.8 Å². The third-order valence-electron chi connectivity index (χ3n) is 4.86. The van der Waals surface area contributed by atoms with Gasteiger partial charge in [-0.2, -0.15) is 0 Å². The Balaban J connectivity index is 1.89. The highest BCUT2D eigenvalue weighted by molar-refractivity contribution is 7.92. The van der Waals surface area contributed by atoms with Gasteiger partial charge in [0.25, 0.3) is 10.0 Å². The minimum atomic E-state index is -3.96. The Morgan fingerprint density at radius 2 is 1.82 bits per heavy atom. The highest BCUT2D eigenvalue weighted by Crippen LogP contribution is 2.31. The quantitative estimate of drug-likeness (QED) is 0.691. The lowest BCUT2D eigenvalue weighted by atomic mass is 10.1. The smallest absolute Gasteiger partial charge is 0.268 e. The second-order valence-electron chi connectivity index (χ2n) is 6.77. The Labute approximate surface area is 164 Å². The minimum absolute atomic E-state index is 0.0247. The van der Waals surface area contributed by atoms with Crippen LogP contribution in [0.4, 0.5) is 0 Å². The van der Waals surface area contributed by atoms with Gasteiger partial charge in [-0.3, -0.25) is 0 Å². The van der Waals surface area contributed by atoms with Crippen molar-refractivity contribution < 1.29 is 16.8 Å². The molecule has 0 spiro atoms. The van der Waals surface area contributed by atoms with Crippen molar-refractivity contribution in [2.24, 2.45) is 0 Å². The van der Waals surface area contributed by atoms with Crippen LogP contribution in [-0.2, 0) is 32.8 Å². The first-order valence-electron chi connectivity index (χ1n) is 8.85. The van der Waals surface area contributed by atoms with E-state index in [2.05, 4.69) is 5.32 Å². The van der Waals surface area contributed by atoms with E-state index in [1.54, 1.807) is 19.3 Å². The summed E-state index contributed by atoms with van der Waals surface area (Å²) in [6, 6.07) is 15.5. The lowest BCUT2D eigenvalue weighted by Crippen LogP contribution is -2.14. The highest BCUT2D eigenvalue weighted by Gasteiger charge is 2.29. The molecule has 1 N–H and O–H groups in total. The van der Waals surface area contributed by atoms with Crippen molar-refractivity contribution >= 4 is 19.9 Å². The summed E-state index contributed by atoms with van der Waals surface area (Å²) in [5, 5.41) is 3.02. The van der Waals surface area contributed by atoms with Crippen molar-refractivity contribution in [3.63, 3.8) is 0 Å². The number of nitrogens with zero attached hydrogens (tertiary/aromatic N) is 1. The molecule has 6 nitrogen and oxygen atoms in total. The molecule has 0 amide bonds. The summed E-state index contributed by atoms with van der Waals surface area (Å²) in [5.41, 5.74) is 2.79. The van der Waals surface area contributed by atoms with Gasteiger partial charge >= 0.3 is 0 Å². The SMILES string of the molecule is CNCc1cc(-c2ccccc2)n(S(=O)(=O)c2ccc3c(c2)S(=O)(=O)CC3)c1. The first-order chi connectivity index (χ1) is 13.3. The summed E-state index contributed by atoms with van der Waals surface area (Å²) in [6.45, 7) is 0.515. The van der Waals surface area contributed by atoms with Gasteiger partial charge in [0.1, 0.15) is 0 Å². The molecule has 0 aliphatic carbocycles. The normalized spacial score (nSPS) is 15.5. The maximum Gasteiger partial charge on any atom is 0.268 e. The zero-order valence-corrected chi connectivity index (χ0v) is 16.9. The number of hydrogen-bond donors (Lipinski definition) is 1. The van der Waals surface area contributed by atoms with Crippen molar-refractivity contribution in [3.05, 3.63) is 71.9 Å². The number of benzene rings is 2. The summed E-state index contributed by atoms with van der Waals surface area (Å²) < 4.78 is 52.5. The molecule has 0 saturated heterocycles. The van der Waals surface area contributed by atoms with Crippen LogP contribution in [0.3, 0.4) is 0 Å². The molecule has 2 heterocycles. The van der Waals surface area contributed by atoms with Gasteiger partial charge < -0.3 is 5.32 Å². The van der Waals surface area contributed by atoms with E-state index in [-0.39, 0.29) is 15.5 Å². The summed E-state index contributed by atoms with van der Waals surface area (Å²) in [7, 11) is -5.59. The Morgan fingerprint density at radius 1 is 1.07 bits per heavy atom. The number of aromatic nitrogens is 1. The molecule has 0 atom stereocenters. The summed E-state index contributed by atoms with van der Waals surface area (Å²) in [6.07, 6.45) is 2.00. The Bertz CT molecular complexity index is 1240. The number of sulfone groups is 1. The van der Waals surface area contributed by atoms with Crippen LogP contribution in [0, 0.1) is 0 Å². The zero-order chi connectivity index (χ0) is 19.9. The monoisotopic (exact) mass is 416 g/mol. The molecule has 28 heavy (non-hydrogen) atoms. The van der Waals surface area contributed by atoms with Gasteiger partial charge in [-0.1, -0.05) is 36.4 Å². The lowest BCUT2D eigenvalue weighted by molar-refractivity contribution is 0.587. The molecular formula is C20H20N2O4S2. The van der Waals surface area contributed by atoms with E-state index in [1.807, 2.05) is 36.4 Å². The van der Waals surface area contributed by atoms with Gasteiger partial charge in [-0.15, -0.1) is 0 Å². The number of nitrogens with one attached hydrogen (secondary N) is 1. The molecule has 1 aliphatic rings. The van der Waals surface area contributed by atoms with E-state index < -0.39 is 19.9 Å². The van der Waals surface area contributed by atoms with E-state index in [0.717, 1.165) is 11.1 Å². The molecular weight excluding hydrogens is 396 g/mol. The minimum Gasteiger partial charge on any atom is -0.316 e. The fourth-order valence-corrected chi connectivity index (χ4v) is 6.56. The molecule has 1 aliphatic heterocycles. The van der Waals surface area contributed by atoms with Gasteiger partial charge in [-0.05, 0) is 48.4 Å². The van der Waals surface area contributed by atoms with Gasteiger partial charge in [0, 0.05) is 12.7 Å².